The number of nitrogens with two attached hydrogens (primary N) is 1. The van der Waals surface area contributed by atoms with Gasteiger partial charge in [-0.3, -0.25) is 9.59 Å². The summed E-state index contributed by atoms with van der Waals surface area (Å²) in [5.41, 5.74) is 8.93. The molecule has 6 nitrogen and oxygen atoms in total. The third-order valence-electron chi connectivity index (χ3n) is 5.43. The number of amides is 2. The average molecular weight is 390 g/mol. The van der Waals surface area contributed by atoms with Crippen molar-refractivity contribution in [1.82, 2.24) is 4.90 Å². The van der Waals surface area contributed by atoms with E-state index in [0.717, 1.165) is 31.2 Å². The molecule has 1 aliphatic carbocycles. The summed E-state index contributed by atoms with van der Waals surface area (Å²) < 4.78 is 0. The van der Waals surface area contributed by atoms with E-state index < -0.39 is 0 Å². The molecular weight excluding hydrogens is 364 g/mol. The number of nitrogens with one attached hydrogen (secondary N) is 1. The lowest BCUT2D eigenvalue weighted by atomic mass is 9.89. The summed E-state index contributed by atoms with van der Waals surface area (Å²) in [4.78, 5) is 26.4. The van der Waals surface area contributed by atoms with Crippen molar-refractivity contribution in [3.8, 4) is 6.07 Å². The van der Waals surface area contributed by atoms with E-state index >= 15 is 0 Å². The monoisotopic (exact) mass is 390 g/mol. The Hall–Kier alpha value is -3.17. The first-order valence-corrected chi connectivity index (χ1v) is 9.91. The molecule has 3 N–H and O–H groups in total. The minimum absolute atomic E-state index is 0.0265. The number of hydrogen-bond acceptors (Lipinski definition) is 4. The molecule has 0 aromatic heterocycles. The maximum atomic E-state index is 12.3. The summed E-state index contributed by atoms with van der Waals surface area (Å²) in [6, 6.07) is 16.1. The first kappa shape index (κ1) is 20.6. The topological polar surface area (TPSA) is 99.2 Å². The minimum Gasteiger partial charge on any atom is -0.334 e. The van der Waals surface area contributed by atoms with Crippen molar-refractivity contribution in [2.24, 2.45) is 5.73 Å². The SMILES string of the molecule is CC(=O)N(Cc1ccc(NC(=O)c2ccc(C#N)cc2)cc1)C1CCCCC1N. The van der Waals surface area contributed by atoms with Crippen LogP contribution in [0.25, 0.3) is 0 Å². The standard InChI is InChI=1S/C23H26N4O2/c1-16(28)27(22-5-3-2-4-21(22)25)15-18-8-12-20(13-9-18)26-23(29)19-10-6-17(14-24)7-11-19/h6-13,21-22H,2-5,15,25H2,1H3,(H,26,29). The molecule has 2 amide bonds. The van der Waals surface area contributed by atoms with E-state index in [1.807, 2.05) is 35.2 Å². The smallest absolute Gasteiger partial charge is 0.255 e. The van der Waals surface area contributed by atoms with Crippen molar-refractivity contribution in [3.05, 3.63) is 65.2 Å². The van der Waals surface area contributed by atoms with Crippen LogP contribution in [0.1, 0.15) is 54.1 Å². The van der Waals surface area contributed by atoms with E-state index in [2.05, 4.69) is 5.32 Å². The summed E-state index contributed by atoms with van der Waals surface area (Å²) in [5.74, 6) is -0.202. The molecule has 1 saturated carbocycles. The minimum atomic E-state index is -0.235. The second kappa shape index (κ2) is 9.35. The zero-order valence-electron chi connectivity index (χ0n) is 16.6. The van der Waals surface area contributed by atoms with Crippen LogP contribution >= 0.6 is 0 Å². The molecule has 0 aliphatic heterocycles. The summed E-state index contributed by atoms with van der Waals surface area (Å²) in [7, 11) is 0. The van der Waals surface area contributed by atoms with Gasteiger partial charge in [0.1, 0.15) is 0 Å². The molecule has 0 bridgehead atoms. The number of carbonyl (C=O) groups is 2. The van der Waals surface area contributed by atoms with Crippen LogP contribution in [0.3, 0.4) is 0 Å². The highest BCUT2D eigenvalue weighted by molar-refractivity contribution is 6.04. The zero-order chi connectivity index (χ0) is 20.8. The first-order chi connectivity index (χ1) is 14.0. The number of rotatable bonds is 5. The molecule has 0 heterocycles. The van der Waals surface area contributed by atoms with E-state index in [-0.39, 0.29) is 23.9 Å². The Labute approximate surface area is 171 Å². The van der Waals surface area contributed by atoms with Gasteiger partial charge < -0.3 is 16.0 Å². The Morgan fingerprint density at radius 1 is 1.10 bits per heavy atom. The lowest BCUT2D eigenvalue weighted by Crippen LogP contribution is -2.50. The Morgan fingerprint density at radius 2 is 1.76 bits per heavy atom. The van der Waals surface area contributed by atoms with Crippen molar-refractivity contribution in [2.75, 3.05) is 5.32 Å². The number of nitrogens with zero attached hydrogens (tertiary/aromatic N) is 2. The second-order valence-electron chi connectivity index (χ2n) is 7.50. The van der Waals surface area contributed by atoms with Gasteiger partial charge in [-0.2, -0.15) is 5.26 Å². The normalized spacial score (nSPS) is 18.5. The van der Waals surface area contributed by atoms with Gasteiger partial charge in [0.15, 0.2) is 0 Å². The van der Waals surface area contributed by atoms with Crippen molar-refractivity contribution in [2.45, 2.75) is 51.2 Å². The maximum Gasteiger partial charge on any atom is 0.255 e. The van der Waals surface area contributed by atoms with Gasteiger partial charge >= 0.3 is 0 Å². The highest BCUT2D eigenvalue weighted by Crippen LogP contribution is 2.24. The molecule has 29 heavy (non-hydrogen) atoms. The fourth-order valence-corrected chi connectivity index (χ4v) is 3.78. The molecule has 0 radical (unpaired) electrons. The molecule has 0 saturated heterocycles. The molecule has 2 atom stereocenters. The van der Waals surface area contributed by atoms with E-state index in [4.69, 9.17) is 11.0 Å². The Balaban J connectivity index is 1.64. The van der Waals surface area contributed by atoms with Crippen LogP contribution in [0.4, 0.5) is 5.69 Å². The number of carbonyl (C=O) groups excluding carboxylic acids is 2. The summed E-state index contributed by atoms with van der Waals surface area (Å²) in [6.45, 7) is 2.10. The third-order valence-corrected chi connectivity index (χ3v) is 5.43. The molecule has 0 spiro atoms. The summed E-state index contributed by atoms with van der Waals surface area (Å²) in [5, 5.41) is 11.7. The van der Waals surface area contributed by atoms with Crippen LogP contribution in [-0.4, -0.2) is 28.8 Å². The predicted molar refractivity (Wildman–Crippen MR) is 112 cm³/mol. The Morgan fingerprint density at radius 3 is 2.34 bits per heavy atom. The van der Waals surface area contributed by atoms with Crippen LogP contribution in [0.2, 0.25) is 0 Å². The highest BCUT2D eigenvalue weighted by Gasteiger charge is 2.29. The van der Waals surface area contributed by atoms with Gasteiger partial charge in [0.25, 0.3) is 5.91 Å². The van der Waals surface area contributed by atoms with Crippen molar-refractivity contribution < 1.29 is 9.59 Å². The van der Waals surface area contributed by atoms with Crippen LogP contribution in [0.5, 0.6) is 0 Å². The van der Waals surface area contributed by atoms with Crippen molar-refractivity contribution in [1.29, 1.82) is 5.26 Å². The number of anilines is 1. The van der Waals surface area contributed by atoms with E-state index in [1.54, 1.807) is 31.2 Å². The van der Waals surface area contributed by atoms with Gasteiger partial charge in [-0.1, -0.05) is 25.0 Å². The van der Waals surface area contributed by atoms with Crippen molar-refractivity contribution in [3.63, 3.8) is 0 Å². The van der Waals surface area contributed by atoms with E-state index in [1.165, 1.54) is 0 Å². The van der Waals surface area contributed by atoms with Gasteiger partial charge in [-0.25, -0.2) is 0 Å². The number of hydrogen-bond donors (Lipinski definition) is 2. The molecule has 2 unspecified atom stereocenters. The lowest BCUT2D eigenvalue weighted by molar-refractivity contribution is -0.133. The van der Waals surface area contributed by atoms with Gasteiger partial charge in [-0.05, 0) is 54.8 Å². The molecule has 150 valence electrons. The predicted octanol–water partition coefficient (Wildman–Crippen LogP) is 3.43. The molecule has 1 fully saturated rings. The molecular formula is C23H26N4O2. The fourth-order valence-electron chi connectivity index (χ4n) is 3.78. The molecule has 3 rings (SSSR count). The molecule has 2 aromatic rings. The third kappa shape index (κ3) is 5.21. The first-order valence-electron chi connectivity index (χ1n) is 9.91. The van der Waals surface area contributed by atoms with Crippen molar-refractivity contribution >= 4 is 17.5 Å². The quantitative estimate of drug-likeness (QED) is 0.817. The lowest BCUT2D eigenvalue weighted by Gasteiger charge is -2.38. The van der Waals surface area contributed by atoms with Gasteiger partial charge in [0.05, 0.1) is 11.6 Å². The Bertz CT molecular complexity index is 900. The van der Waals surface area contributed by atoms with Gasteiger partial charge in [-0.15, -0.1) is 0 Å². The second-order valence-corrected chi connectivity index (χ2v) is 7.50. The van der Waals surface area contributed by atoms with Gasteiger partial charge in [0.2, 0.25) is 5.91 Å². The summed E-state index contributed by atoms with van der Waals surface area (Å²) >= 11 is 0. The van der Waals surface area contributed by atoms with E-state index in [0.29, 0.717) is 23.4 Å². The number of benzene rings is 2. The van der Waals surface area contributed by atoms with Crippen LogP contribution < -0.4 is 11.1 Å². The zero-order valence-corrected chi connectivity index (χ0v) is 16.6. The number of nitriles is 1. The molecule has 2 aromatic carbocycles. The van der Waals surface area contributed by atoms with Gasteiger partial charge in [0, 0.05) is 36.8 Å². The fraction of sp³-hybridized carbons (Fsp3) is 0.348. The van der Waals surface area contributed by atoms with Crippen LogP contribution in [-0.2, 0) is 11.3 Å². The Kier molecular flexibility index (Phi) is 6.63. The maximum absolute atomic E-state index is 12.3. The average Bonchev–Trinajstić information content (AvgIpc) is 2.73. The largest absolute Gasteiger partial charge is 0.334 e. The highest BCUT2D eigenvalue weighted by atomic mass is 16.2. The van der Waals surface area contributed by atoms with Crippen LogP contribution in [0.15, 0.2) is 48.5 Å². The van der Waals surface area contributed by atoms with Crippen LogP contribution in [0, 0.1) is 11.3 Å². The summed E-state index contributed by atoms with van der Waals surface area (Å²) in [6.07, 6.45) is 4.12. The molecule has 6 heteroatoms. The molecule has 1 aliphatic rings. The van der Waals surface area contributed by atoms with E-state index in [9.17, 15) is 9.59 Å².